The summed E-state index contributed by atoms with van der Waals surface area (Å²) < 4.78 is 26.2. The molecular formula is C16H17F2NO. The van der Waals surface area contributed by atoms with Gasteiger partial charge in [-0.15, -0.1) is 0 Å². The molecule has 0 aliphatic carbocycles. The van der Waals surface area contributed by atoms with E-state index in [1.165, 1.54) is 12.1 Å². The summed E-state index contributed by atoms with van der Waals surface area (Å²) in [5, 5.41) is 12.3. The second kappa shape index (κ2) is 7.12. The number of benzene rings is 2. The monoisotopic (exact) mass is 277 g/mol. The molecule has 2 aromatic carbocycles. The number of hydrogen-bond acceptors (Lipinski definition) is 2. The molecule has 0 aliphatic rings. The maximum atomic E-state index is 13.1. The predicted molar refractivity (Wildman–Crippen MR) is 74.1 cm³/mol. The van der Waals surface area contributed by atoms with Gasteiger partial charge in [-0.3, -0.25) is 0 Å². The topological polar surface area (TPSA) is 32.3 Å². The van der Waals surface area contributed by atoms with E-state index in [0.717, 1.165) is 11.6 Å². The Kier molecular flexibility index (Phi) is 5.21. The van der Waals surface area contributed by atoms with E-state index in [0.29, 0.717) is 18.5 Å². The van der Waals surface area contributed by atoms with Gasteiger partial charge < -0.3 is 10.4 Å². The van der Waals surface area contributed by atoms with Crippen molar-refractivity contribution in [1.82, 2.24) is 5.32 Å². The lowest BCUT2D eigenvalue weighted by Gasteiger charge is -2.18. The Bertz CT molecular complexity index is 525. The standard InChI is InChI=1S/C16H17F2NO/c17-14-8-12(9-15(18)10-14)11-19-16(6-7-20)13-4-2-1-3-5-13/h1-5,8-10,16,19-20H,6-7,11H2/t16-/m1/s1. The highest BCUT2D eigenvalue weighted by molar-refractivity contribution is 5.21. The number of halogens is 2. The molecule has 0 bridgehead atoms. The quantitative estimate of drug-likeness (QED) is 0.850. The molecule has 0 heterocycles. The van der Waals surface area contributed by atoms with Gasteiger partial charge in [0.2, 0.25) is 0 Å². The lowest BCUT2D eigenvalue weighted by Crippen LogP contribution is -2.22. The molecule has 0 aromatic heterocycles. The van der Waals surface area contributed by atoms with Crippen molar-refractivity contribution in [2.75, 3.05) is 6.61 Å². The smallest absolute Gasteiger partial charge is 0.126 e. The van der Waals surface area contributed by atoms with Crippen LogP contribution in [0.1, 0.15) is 23.6 Å². The number of aliphatic hydroxyl groups excluding tert-OH is 1. The summed E-state index contributed by atoms with van der Waals surface area (Å²) in [5.41, 5.74) is 1.58. The first kappa shape index (κ1) is 14.6. The summed E-state index contributed by atoms with van der Waals surface area (Å²) in [6, 6.07) is 13.1. The van der Waals surface area contributed by atoms with Crippen molar-refractivity contribution in [2.45, 2.75) is 19.0 Å². The molecular weight excluding hydrogens is 260 g/mol. The van der Waals surface area contributed by atoms with E-state index in [2.05, 4.69) is 5.32 Å². The summed E-state index contributed by atoms with van der Waals surface area (Å²) in [6.45, 7) is 0.387. The van der Waals surface area contributed by atoms with Crippen LogP contribution in [-0.2, 0) is 6.54 Å². The van der Waals surface area contributed by atoms with Crippen molar-refractivity contribution < 1.29 is 13.9 Å². The molecule has 0 radical (unpaired) electrons. The molecule has 4 heteroatoms. The second-order valence-electron chi connectivity index (χ2n) is 4.63. The summed E-state index contributed by atoms with van der Waals surface area (Å²) >= 11 is 0. The van der Waals surface area contributed by atoms with Crippen LogP contribution < -0.4 is 5.32 Å². The van der Waals surface area contributed by atoms with Gasteiger partial charge in [-0.25, -0.2) is 8.78 Å². The molecule has 106 valence electrons. The van der Waals surface area contributed by atoms with Crippen molar-refractivity contribution in [2.24, 2.45) is 0 Å². The van der Waals surface area contributed by atoms with Crippen LogP contribution in [0.15, 0.2) is 48.5 Å². The minimum absolute atomic E-state index is 0.0457. The zero-order valence-corrected chi connectivity index (χ0v) is 11.0. The Hall–Kier alpha value is -1.78. The van der Waals surface area contributed by atoms with Gasteiger partial charge >= 0.3 is 0 Å². The maximum Gasteiger partial charge on any atom is 0.126 e. The van der Waals surface area contributed by atoms with E-state index in [-0.39, 0.29) is 12.6 Å². The van der Waals surface area contributed by atoms with E-state index in [4.69, 9.17) is 5.11 Å². The van der Waals surface area contributed by atoms with Crippen LogP contribution >= 0.6 is 0 Å². The first-order valence-electron chi connectivity index (χ1n) is 6.53. The van der Waals surface area contributed by atoms with E-state index in [9.17, 15) is 8.78 Å². The Labute approximate surface area is 117 Å². The van der Waals surface area contributed by atoms with Crippen LogP contribution in [0.25, 0.3) is 0 Å². The van der Waals surface area contributed by atoms with Crippen LogP contribution in [0.3, 0.4) is 0 Å². The number of aliphatic hydroxyl groups is 1. The lowest BCUT2D eigenvalue weighted by molar-refractivity contribution is 0.265. The molecule has 0 aliphatic heterocycles. The molecule has 2 N–H and O–H groups in total. The molecule has 1 atom stereocenters. The van der Waals surface area contributed by atoms with E-state index in [1.807, 2.05) is 30.3 Å². The largest absolute Gasteiger partial charge is 0.396 e. The number of nitrogens with one attached hydrogen (secondary N) is 1. The summed E-state index contributed by atoms with van der Waals surface area (Å²) in [7, 11) is 0. The molecule has 0 saturated heterocycles. The Morgan fingerprint density at radius 3 is 2.25 bits per heavy atom. The van der Waals surface area contributed by atoms with Crippen LogP contribution in [0.2, 0.25) is 0 Å². The van der Waals surface area contributed by atoms with Gasteiger partial charge in [-0.05, 0) is 29.7 Å². The Balaban J connectivity index is 2.05. The zero-order valence-electron chi connectivity index (χ0n) is 11.0. The lowest BCUT2D eigenvalue weighted by atomic mass is 10.0. The van der Waals surface area contributed by atoms with Crippen molar-refractivity contribution in [3.05, 3.63) is 71.3 Å². The minimum Gasteiger partial charge on any atom is -0.396 e. The molecule has 20 heavy (non-hydrogen) atoms. The average Bonchev–Trinajstić information content (AvgIpc) is 2.43. The van der Waals surface area contributed by atoms with Crippen molar-refractivity contribution in [3.8, 4) is 0 Å². The van der Waals surface area contributed by atoms with Gasteiger partial charge in [-0.1, -0.05) is 30.3 Å². The van der Waals surface area contributed by atoms with E-state index in [1.54, 1.807) is 0 Å². The highest BCUT2D eigenvalue weighted by Gasteiger charge is 2.10. The van der Waals surface area contributed by atoms with Gasteiger partial charge in [0, 0.05) is 25.3 Å². The third-order valence-corrected chi connectivity index (χ3v) is 3.09. The third-order valence-electron chi connectivity index (χ3n) is 3.09. The molecule has 2 rings (SSSR count). The molecule has 0 unspecified atom stereocenters. The Morgan fingerprint density at radius 1 is 1.00 bits per heavy atom. The molecule has 2 aromatic rings. The van der Waals surface area contributed by atoms with Crippen LogP contribution in [0.4, 0.5) is 8.78 Å². The molecule has 2 nitrogen and oxygen atoms in total. The minimum atomic E-state index is -0.583. The van der Waals surface area contributed by atoms with Crippen LogP contribution in [-0.4, -0.2) is 11.7 Å². The van der Waals surface area contributed by atoms with Gasteiger partial charge in [0.05, 0.1) is 0 Å². The highest BCUT2D eigenvalue weighted by Crippen LogP contribution is 2.17. The predicted octanol–water partition coefficient (Wildman–Crippen LogP) is 3.18. The zero-order chi connectivity index (χ0) is 14.4. The fourth-order valence-corrected chi connectivity index (χ4v) is 2.16. The van der Waals surface area contributed by atoms with Crippen molar-refractivity contribution in [3.63, 3.8) is 0 Å². The summed E-state index contributed by atoms with van der Waals surface area (Å²) in [6.07, 6.45) is 0.543. The van der Waals surface area contributed by atoms with E-state index < -0.39 is 11.6 Å². The fraction of sp³-hybridized carbons (Fsp3) is 0.250. The van der Waals surface area contributed by atoms with Gasteiger partial charge in [0.15, 0.2) is 0 Å². The SMILES string of the molecule is OCC[C@@H](NCc1cc(F)cc(F)c1)c1ccccc1. The molecule has 0 amide bonds. The van der Waals surface area contributed by atoms with Crippen molar-refractivity contribution >= 4 is 0 Å². The van der Waals surface area contributed by atoms with E-state index >= 15 is 0 Å². The van der Waals surface area contributed by atoms with Gasteiger partial charge in [-0.2, -0.15) is 0 Å². The van der Waals surface area contributed by atoms with Gasteiger partial charge in [0.1, 0.15) is 11.6 Å². The fourth-order valence-electron chi connectivity index (χ4n) is 2.16. The van der Waals surface area contributed by atoms with Crippen molar-refractivity contribution in [1.29, 1.82) is 0 Å². The molecule has 0 spiro atoms. The van der Waals surface area contributed by atoms with Gasteiger partial charge in [0.25, 0.3) is 0 Å². The first-order valence-corrected chi connectivity index (χ1v) is 6.53. The van der Waals surface area contributed by atoms with Crippen LogP contribution in [0, 0.1) is 11.6 Å². The molecule has 0 fully saturated rings. The average molecular weight is 277 g/mol. The second-order valence-corrected chi connectivity index (χ2v) is 4.63. The Morgan fingerprint density at radius 2 is 1.65 bits per heavy atom. The highest BCUT2D eigenvalue weighted by atomic mass is 19.1. The number of hydrogen-bond donors (Lipinski definition) is 2. The maximum absolute atomic E-state index is 13.1. The third kappa shape index (κ3) is 4.11. The number of rotatable bonds is 6. The normalized spacial score (nSPS) is 12.3. The molecule has 0 saturated carbocycles. The van der Waals surface area contributed by atoms with Crippen LogP contribution in [0.5, 0.6) is 0 Å². The summed E-state index contributed by atoms with van der Waals surface area (Å²) in [5.74, 6) is -1.17. The summed E-state index contributed by atoms with van der Waals surface area (Å²) in [4.78, 5) is 0. The first-order chi connectivity index (χ1) is 9.69.